The predicted octanol–water partition coefficient (Wildman–Crippen LogP) is 2.26. The van der Waals surface area contributed by atoms with Gasteiger partial charge in [-0.3, -0.25) is 9.48 Å². The Morgan fingerprint density at radius 3 is 2.85 bits per heavy atom. The average Bonchev–Trinajstić information content (AvgIpc) is 2.91. The first kappa shape index (κ1) is 14.1. The summed E-state index contributed by atoms with van der Waals surface area (Å²) in [5.74, 6) is -1.36. The number of aromatic carboxylic acids is 1. The van der Waals surface area contributed by atoms with E-state index in [9.17, 15) is 9.59 Å². The van der Waals surface area contributed by atoms with Crippen LogP contribution in [0.2, 0.25) is 5.02 Å². The highest BCUT2D eigenvalue weighted by Gasteiger charge is 2.10. The Morgan fingerprint density at radius 1 is 1.40 bits per heavy atom. The Bertz CT molecular complexity index is 626. The van der Waals surface area contributed by atoms with E-state index in [1.54, 1.807) is 29.2 Å². The zero-order valence-electron chi connectivity index (χ0n) is 10.4. The van der Waals surface area contributed by atoms with Crippen molar-refractivity contribution in [1.82, 2.24) is 9.78 Å². The average molecular weight is 294 g/mol. The summed E-state index contributed by atoms with van der Waals surface area (Å²) in [6, 6.07) is 6.10. The number of carboxylic acids is 1. The van der Waals surface area contributed by atoms with Crippen LogP contribution in [0.1, 0.15) is 16.8 Å². The van der Waals surface area contributed by atoms with Gasteiger partial charge in [-0.2, -0.15) is 5.10 Å². The molecular formula is C13H12ClN3O3. The second-order valence-electron chi connectivity index (χ2n) is 4.07. The molecule has 2 rings (SSSR count). The van der Waals surface area contributed by atoms with Crippen LogP contribution < -0.4 is 5.32 Å². The number of nitrogens with zero attached hydrogens (tertiary/aromatic N) is 2. The third-order valence-electron chi connectivity index (χ3n) is 2.61. The summed E-state index contributed by atoms with van der Waals surface area (Å²) in [5.41, 5.74) is 0.355. The molecule has 1 aromatic carbocycles. The van der Waals surface area contributed by atoms with Gasteiger partial charge in [0.2, 0.25) is 5.91 Å². The number of hydrogen-bond acceptors (Lipinski definition) is 3. The molecule has 1 amide bonds. The van der Waals surface area contributed by atoms with Crippen molar-refractivity contribution in [3.05, 3.63) is 47.2 Å². The molecule has 0 unspecified atom stereocenters. The molecule has 0 spiro atoms. The zero-order valence-corrected chi connectivity index (χ0v) is 11.2. The van der Waals surface area contributed by atoms with E-state index in [-0.39, 0.29) is 22.9 Å². The van der Waals surface area contributed by atoms with Gasteiger partial charge in [0.05, 0.1) is 10.6 Å². The minimum atomic E-state index is -1.14. The maximum absolute atomic E-state index is 11.7. The third-order valence-corrected chi connectivity index (χ3v) is 2.94. The molecule has 0 atom stereocenters. The summed E-state index contributed by atoms with van der Waals surface area (Å²) in [6.45, 7) is 0.457. The van der Waals surface area contributed by atoms with Crippen LogP contribution in [0.5, 0.6) is 0 Å². The molecule has 20 heavy (non-hydrogen) atoms. The summed E-state index contributed by atoms with van der Waals surface area (Å²) in [5, 5.41) is 15.7. The van der Waals surface area contributed by atoms with Crippen LogP contribution in [0.4, 0.5) is 5.69 Å². The molecule has 2 N–H and O–H groups in total. The Hall–Kier alpha value is -2.34. The summed E-state index contributed by atoms with van der Waals surface area (Å²) in [7, 11) is 0. The fourth-order valence-electron chi connectivity index (χ4n) is 1.64. The molecule has 0 saturated carbocycles. The normalized spacial score (nSPS) is 10.2. The Labute approximate surface area is 120 Å². The molecule has 1 heterocycles. The van der Waals surface area contributed by atoms with E-state index in [1.165, 1.54) is 12.1 Å². The van der Waals surface area contributed by atoms with Crippen molar-refractivity contribution < 1.29 is 14.7 Å². The van der Waals surface area contributed by atoms with Crippen molar-refractivity contribution in [3.8, 4) is 0 Å². The smallest absolute Gasteiger partial charge is 0.337 e. The fraction of sp³-hybridized carbons (Fsp3) is 0.154. The number of aromatic nitrogens is 2. The van der Waals surface area contributed by atoms with E-state index in [0.29, 0.717) is 12.2 Å². The van der Waals surface area contributed by atoms with Crippen molar-refractivity contribution in [1.29, 1.82) is 0 Å². The lowest BCUT2D eigenvalue weighted by atomic mass is 10.2. The van der Waals surface area contributed by atoms with Gasteiger partial charge in [0, 0.05) is 31.0 Å². The third kappa shape index (κ3) is 3.58. The maximum Gasteiger partial charge on any atom is 0.337 e. The second-order valence-corrected chi connectivity index (χ2v) is 4.47. The summed E-state index contributed by atoms with van der Waals surface area (Å²) < 4.78 is 1.64. The van der Waals surface area contributed by atoms with Gasteiger partial charge in [0.25, 0.3) is 0 Å². The molecule has 1 aromatic heterocycles. The zero-order chi connectivity index (χ0) is 14.5. The number of amides is 1. The monoisotopic (exact) mass is 293 g/mol. The highest BCUT2D eigenvalue weighted by molar-refractivity contribution is 6.33. The molecular weight excluding hydrogens is 282 g/mol. The minimum absolute atomic E-state index is 0.0449. The summed E-state index contributed by atoms with van der Waals surface area (Å²) in [6.07, 6.45) is 3.64. The minimum Gasteiger partial charge on any atom is -0.478 e. The van der Waals surface area contributed by atoms with Gasteiger partial charge in [-0.05, 0) is 24.3 Å². The van der Waals surface area contributed by atoms with Gasteiger partial charge in [-0.25, -0.2) is 4.79 Å². The van der Waals surface area contributed by atoms with Crippen molar-refractivity contribution in [3.63, 3.8) is 0 Å². The van der Waals surface area contributed by atoms with E-state index in [1.807, 2.05) is 0 Å². The van der Waals surface area contributed by atoms with E-state index < -0.39 is 5.97 Å². The molecule has 0 bridgehead atoms. The lowest BCUT2D eigenvalue weighted by molar-refractivity contribution is -0.116. The highest BCUT2D eigenvalue weighted by atomic mass is 35.5. The van der Waals surface area contributed by atoms with Crippen molar-refractivity contribution in [2.24, 2.45) is 0 Å². The first-order valence-electron chi connectivity index (χ1n) is 5.86. The summed E-state index contributed by atoms with van der Waals surface area (Å²) >= 11 is 5.75. The molecule has 0 aliphatic rings. The quantitative estimate of drug-likeness (QED) is 0.885. The SMILES string of the molecule is O=C(CCn1cccn1)Nc1ccc(Cl)c(C(=O)O)c1. The first-order chi connectivity index (χ1) is 9.56. The number of aryl methyl sites for hydroxylation is 1. The molecule has 0 aliphatic heterocycles. The van der Waals surface area contributed by atoms with Crippen molar-refractivity contribution in [2.45, 2.75) is 13.0 Å². The molecule has 104 valence electrons. The van der Waals surface area contributed by atoms with Gasteiger partial charge in [0.15, 0.2) is 0 Å². The van der Waals surface area contributed by atoms with Crippen LogP contribution in [0, 0.1) is 0 Å². The van der Waals surface area contributed by atoms with Gasteiger partial charge >= 0.3 is 5.97 Å². The predicted molar refractivity (Wildman–Crippen MR) is 73.9 cm³/mol. The molecule has 0 aliphatic carbocycles. The van der Waals surface area contributed by atoms with Crippen LogP contribution in [-0.2, 0) is 11.3 Å². The number of nitrogens with one attached hydrogen (secondary N) is 1. The fourth-order valence-corrected chi connectivity index (χ4v) is 1.84. The number of carboxylic acid groups (broad SMARTS) is 1. The molecule has 0 radical (unpaired) electrons. The van der Waals surface area contributed by atoms with Gasteiger partial charge in [-0.1, -0.05) is 11.6 Å². The van der Waals surface area contributed by atoms with Crippen LogP contribution >= 0.6 is 11.6 Å². The van der Waals surface area contributed by atoms with E-state index in [4.69, 9.17) is 16.7 Å². The first-order valence-corrected chi connectivity index (χ1v) is 6.24. The lowest BCUT2D eigenvalue weighted by Gasteiger charge is -2.07. The van der Waals surface area contributed by atoms with Gasteiger partial charge in [0.1, 0.15) is 0 Å². The summed E-state index contributed by atoms with van der Waals surface area (Å²) in [4.78, 5) is 22.7. The Morgan fingerprint density at radius 2 is 2.20 bits per heavy atom. The number of carbonyl (C=O) groups is 2. The number of carbonyl (C=O) groups excluding carboxylic acids is 1. The molecule has 7 heteroatoms. The molecule has 0 fully saturated rings. The van der Waals surface area contributed by atoms with Gasteiger partial charge in [-0.15, -0.1) is 0 Å². The van der Waals surface area contributed by atoms with Crippen LogP contribution in [0.3, 0.4) is 0 Å². The Balaban J connectivity index is 1.97. The number of hydrogen-bond donors (Lipinski definition) is 2. The molecule has 2 aromatic rings. The maximum atomic E-state index is 11.7. The largest absolute Gasteiger partial charge is 0.478 e. The van der Waals surface area contributed by atoms with Crippen molar-refractivity contribution in [2.75, 3.05) is 5.32 Å². The number of benzene rings is 1. The second kappa shape index (κ2) is 6.21. The molecule has 0 saturated heterocycles. The van der Waals surface area contributed by atoms with Gasteiger partial charge < -0.3 is 10.4 Å². The highest BCUT2D eigenvalue weighted by Crippen LogP contribution is 2.20. The van der Waals surface area contributed by atoms with Crippen LogP contribution in [0.25, 0.3) is 0 Å². The molecule has 6 nitrogen and oxygen atoms in total. The van der Waals surface area contributed by atoms with E-state index in [0.717, 1.165) is 0 Å². The number of rotatable bonds is 5. The Kier molecular flexibility index (Phi) is 4.37. The van der Waals surface area contributed by atoms with E-state index in [2.05, 4.69) is 10.4 Å². The lowest BCUT2D eigenvalue weighted by Crippen LogP contribution is -2.15. The van der Waals surface area contributed by atoms with Crippen LogP contribution in [0.15, 0.2) is 36.7 Å². The van der Waals surface area contributed by atoms with Crippen LogP contribution in [-0.4, -0.2) is 26.8 Å². The van der Waals surface area contributed by atoms with E-state index >= 15 is 0 Å². The number of halogens is 1. The number of anilines is 1. The standard InChI is InChI=1S/C13H12ClN3O3/c14-11-3-2-9(8-10(11)13(19)20)16-12(18)4-7-17-6-1-5-15-17/h1-3,5-6,8H,4,7H2,(H,16,18)(H,19,20). The van der Waals surface area contributed by atoms with Crippen molar-refractivity contribution >= 4 is 29.2 Å². The topological polar surface area (TPSA) is 84.2 Å².